The van der Waals surface area contributed by atoms with Crippen LogP contribution in [0.1, 0.15) is 26.5 Å². The Kier molecular flexibility index (Phi) is 3.34. The van der Waals surface area contributed by atoms with Crippen molar-refractivity contribution in [3.8, 4) is 0 Å². The molecule has 2 aromatic rings. The van der Waals surface area contributed by atoms with Gasteiger partial charge in [0.05, 0.1) is 12.4 Å². The number of carbonyl (C=O) groups is 2. The van der Waals surface area contributed by atoms with Crippen LogP contribution in [-0.4, -0.2) is 21.7 Å². The van der Waals surface area contributed by atoms with E-state index in [1.807, 2.05) is 0 Å². The Morgan fingerprint density at radius 1 is 1.00 bits per heavy atom. The van der Waals surface area contributed by atoms with Crippen molar-refractivity contribution >= 4 is 23.3 Å². The van der Waals surface area contributed by atoms with Gasteiger partial charge in [-0.2, -0.15) is 0 Å². The molecule has 0 aliphatic rings. The maximum atomic E-state index is 12.0. The maximum Gasteiger partial charge on any atom is 0.268 e. The van der Waals surface area contributed by atoms with E-state index in [0.717, 1.165) is 0 Å². The number of halogens is 1. The summed E-state index contributed by atoms with van der Waals surface area (Å²) in [4.78, 5) is 30.4. The van der Waals surface area contributed by atoms with Crippen LogP contribution in [0.25, 0.3) is 0 Å². The Balaban J connectivity index is 2.28. The lowest BCUT2D eigenvalue weighted by atomic mass is 10.1. The Morgan fingerprint density at radius 3 is 2.06 bits per heavy atom. The van der Waals surface area contributed by atoms with Crippen LogP contribution in [0, 0.1) is 0 Å². The van der Waals surface area contributed by atoms with Gasteiger partial charge in [0.25, 0.3) is 5.91 Å². The number of aromatic nitrogens is 2. The summed E-state index contributed by atoms with van der Waals surface area (Å²) >= 11 is 5.73. The van der Waals surface area contributed by atoms with Crippen molar-refractivity contribution in [2.45, 2.75) is 0 Å². The molecule has 0 bridgehead atoms. The van der Waals surface area contributed by atoms with Crippen LogP contribution in [0.15, 0.2) is 36.7 Å². The highest BCUT2D eigenvalue weighted by Crippen LogP contribution is 2.12. The number of benzene rings is 1. The molecule has 1 amide bonds. The minimum atomic E-state index is -0.687. The predicted octanol–water partition coefficient (Wildman–Crippen LogP) is 1.46. The number of primary amides is 1. The second kappa shape index (κ2) is 4.93. The lowest BCUT2D eigenvalue weighted by Crippen LogP contribution is -2.14. The van der Waals surface area contributed by atoms with E-state index in [9.17, 15) is 9.59 Å². The zero-order valence-corrected chi connectivity index (χ0v) is 9.89. The topological polar surface area (TPSA) is 85.9 Å². The Labute approximate surface area is 108 Å². The first-order chi connectivity index (χ1) is 8.58. The summed E-state index contributed by atoms with van der Waals surface area (Å²) in [5.74, 6) is -0.983. The number of hydrogen-bond donors (Lipinski definition) is 1. The first-order valence-electron chi connectivity index (χ1n) is 5.00. The van der Waals surface area contributed by atoms with E-state index >= 15 is 0 Å². The van der Waals surface area contributed by atoms with E-state index in [1.165, 1.54) is 12.4 Å². The van der Waals surface area contributed by atoms with Gasteiger partial charge >= 0.3 is 0 Å². The fourth-order valence-electron chi connectivity index (χ4n) is 1.32. The summed E-state index contributed by atoms with van der Waals surface area (Å²) in [5, 5.41) is 0.543. The third-order valence-electron chi connectivity index (χ3n) is 2.24. The number of nitrogens with two attached hydrogens (primary N) is 1. The van der Waals surface area contributed by atoms with Crippen molar-refractivity contribution in [1.29, 1.82) is 0 Å². The molecule has 0 unspecified atom stereocenters. The smallest absolute Gasteiger partial charge is 0.268 e. The first-order valence-corrected chi connectivity index (χ1v) is 5.38. The molecule has 1 heterocycles. The molecule has 0 saturated heterocycles. The number of rotatable bonds is 3. The van der Waals surface area contributed by atoms with Gasteiger partial charge in [-0.15, -0.1) is 0 Å². The number of hydrogen-bond acceptors (Lipinski definition) is 4. The van der Waals surface area contributed by atoms with Crippen LogP contribution >= 0.6 is 11.6 Å². The zero-order chi connectivity index (χ0) is 13.1. The van der Waals surface area contributed by atoms with E-state index in [1.54, 1.807) is 24.3 Å². The summed E-state index contributed by atoms with van der Waals surface area (Å²) in [5.41, 5.74) is 5.63. The second-order valence-corrected chi connectivity index (χ2v) is 3.92. The lowest BCUT2D eigenvalue weighted by Gasteiger charge is -2.00. The molecule has 1 aromatic carbocycles. The van der Waals surface area contributed by atoms with Crippen LogP contribution < -0.4 is 5.73 Å². The predicted molar refractivity (Wildman–Crippen MR) is 65.4 cm³/mol. The van der Waals surface area contributed by atoms with Crippen LogP contribution in [-0.2, 0) is 0 Å². The van der Waals surface area contributed by atoms with Gasteiger partial charge in [0.15, 0.2) is 0 Å². The van der Waals surface area contributed by atoms with Crippen LogP contribution in [0.2, 0.25) is 5.02 Å². The molecule has 18 heavy (non-hydrogen) atoms. The van der Waals surface area contributed by atoms with E-state index in [0.29, 0.717) is 10.6 Å². The molecule has 0 spiro atoms. The van der Waals surface area contributed by atoms with Crippen molar-refractivity contribution in [2.75, 3.05) is 0 Å². The summed E-state index contributed by atoms with van der Waals surface area (Å²) in [7, 11) is 0. The Bertz CT molecular complexity index is 594. The maximum absolute atomic E-state index is 12.0. The van der Waals surface area contributed by atoms with Gasteiger partial charge in [-0.3, -0.25) is 9.59 Å². The fourth-order valence-corrected chi connectivity index (χ4v) is 1.45. The van der Waals surface area contributed by atoms with Gasteiger partial charge in [-0.05, 0) is 24.3 Å². The number of amides is 1. The molecule has 90 valence electrons. The molecule has 0 atom stereocenters. The average Bonchev–Trinajstić information content (AvgIpc) is 2.39. The molecule has 6 heteroatoms. The molecule has 1 aromatic heterocycles. The van der Waals surface area contributed by atoms with E-state index in [4.69, 9.17) is 17.3 Å². The van der Waals surface area contributed by atoms with Crippen molar-refractivity contribution in [3.05, 3.63) is 58.6 Å². The highest BCUT2D eigenvalue weighted by Gasteiger charge is 2.12. The van der Waals surface area contributed by atoms with Crippen molar-refractivity contribution in [3.63, 3.8) is 0 Å². The number of carbonyl (C=O) groups excluding carboxylic acids is 2. The molecule has 0 radical (unpaired) electrons. The molecule has 0 aliphatic heterocycles. The summed E-state index contributed by atoms with van der Waals surface area (Å²) in [6.07, 6.45) is 2.39. The third-order valence-corrected chi connectivity index (χ3v) is 2.50. The van der Waals surface area contributed by atoms with E-state index in [-0.39, 0.29) is 17.2 Å². The lowest BCUT2D eigenvalue weighted by molar-refractivity contribution is 0.0990. The van der Waals surface area contributed by atoms with Gasteiger partial charge in [-0.25, -0.2) is 9.97 Å². The van der Waals surface area contributed by atoms with E-state index in [2.05, 4.69) is 9.97 Å². The van der Waals surface area contributed by atoms with Crippen molar-refractivity contribution in [2.24, 2.45) is 5.73 Å². The van der Waals surface area contributed by atoms with E-state index < -0.39 is 5.91 Å². The van der Waals surface area contributed by atoms with Gasteiger partial charge < -0.3 is 5.73 Å². The number of nitrogens with zero attached hydrogens (tertiary/aromatic N) is 2. The van der Waals surface area contributed by atoms with Crippen molar-refractivity contribution < 1.29 is 9.59 Å². The molecule has 2 rings (SSSR count). The highest BCUT2D eigenvalue weighted by atomic mass is 35.5. The first kappa shape index (κ1) is 12.2. The quantitative estimate of drug-likeness (QED) is 0.848. The van der Waals surface area contributed by atoms with Gasteiger partial charge in [0.2, 0.25) is 5.78 Å². The van der Waals surface area contributed by atoms with Crippen LogP contribution in [0.3, 0.4) is 0 Å². The molecule has 0 aliphatic carbocycles. The van der Waals surface area contributed by atoms with Crippen LogP contribution in [0.4, 0.5) is 0 Å². The standard InChI is InChI=1S/C12H8ClN3O2/c13-8-3-1-7(2-4-8)11(17)9-5-16-10(6-15-9)12(14)18/h1-6H,(H2,14,18). The third kappa shape index (κ3) is 2.52. The molecule has 0 saturated carbocycles. The normalized spacial score (nSPS) is 10.1. The SMILES string of the molecule is NC(=O)c1cnc(C(=O)c2ccc(Cl)cc2)cn1. The highest BCUT2D eigenvalue weighted by molar-refractivity contribution is 6.30. The van der Waals surface area contributed by atoms with Gasteiger partial charge in [-0.1, -0.05) is 11.6 Å². The molecule has 5 nitrogen and oxygen atoms in total. The Hall–Kier alpha value is -2.27. The minimum Gasteiger partial charge on any atom is -0.364 e. The molecule has 2 N–H and O–H groups in total. The average molecular weight is 262 g/mol. The van der Waals surface area contributed by atoms with Crippen LogP contribution in [0.5, 0.6) is 0 Å². The zero-order valence-electron chi connectivity index (χ0n) is 9.13. The molecular formula is C12H8ClN3O2. The summed E-state index contributed by atoms with van der Waals surface area (Å²) in [6, 6.07) is 6.41. The van der Waals surface area contributed by atoms with Crippen molar-refractivity contribution in [1.82, 2.24) is 9.97 Å². The molecular weight excluding hydrogens is 254 g/mol. The summed E-state index contributed by atoms with van der Waals surface area (Å²) < 4.78 is 0. The fraction of sp³-hybridized carbons (Fsp3) is 0. The molecule has 0 fully saturated rings. The largest absolute Gasteiger partial charge is 0.364 e. The monoisotopic (exact) mass is 261 g/mol. The Morgan fingerprint density at radius 2 is 1.56 bits per heavy atom. The van der Waals surface area contributed by atoms with Gasteiger partial charge in [0, 0.05) is 10.6 Å². The minimum absolute atomic E-state index is 0.0163. The van der Waals surface area contributed by atoms with Gasteiger partial charge in [0.1, 0.15) is 11.4 Å². The summed E-state index contributed by atoms with van der Waals surface area (Å²) in [6.45, 7) is 0. The second-order valence-electron chi connectivity index (χ2n) is 3.49. The number of ketones is 1.